The van der Waals surface area contributed by atoms with E-state index < -0.39 is 18.0 Å². The van der Waals surface area contributed by atoms with Crippen LogP contribution in [0.4, 0.5) is 19.0 Å². The average molecular weight is 322 g/mol. The Morgan fingerprint density at radius 2 is 1.96 bits per heavy atom. The lowest BCUT2D eigenvalue weighted by Crippen LogP contribution is -2.21. The lowest BCUT2D eigenvalue weighted by Gasteiger charge is -2.12. The van der Waals surface area contributed by atoms with Gasteiger partial charge in [0.1, 0.15) is 11.6 Å². The van der Waals surface area contributed by atoms with Gasteiger partial charge in [0.2, 0.25) is 5.78 Å². The highest BCUT2D eigenvalue weighted by Crippen LogP contribution is 2.26. The number of nitrogens with zero attached hydrogens (tertiary/aromatic N) is 3. The van der Waals surface area contributed by atoms with Crippen LogP contribution in [0.3, 0.4) is 0 Å². The van der Waals surface area contributed by atoms with Gasteiger partial charge < -0.3 is 10.1 Å². The molecule has 0 aliphatic carbocycles. The van der Waals surface area contributed by atoms with Crippen molar-refractivity contribution >= 4 is 17.5 Å². The number of fused-ring (bicyclic) bond motifs is 1. The molecule has 2 heterocycles. The van der Waals surface area contributed by atoms with Crippen LogP contribution in [-0.2, 0) is 0 Å². The summed E-state index contributed by atoms with van der Waals surface area (Å²) in [4.78, 5) is 20.2. The van der Waals surface area contributed by atoms with Gasteiger partial charge in [0, 0.05) is 18.6 Å². The molecule has 0 fully saturated rings. The van der Waals surface area contributed by atoms with Crippen LogP contribution in [-0.4, -0.2) is 26.6 Å². The van der Waals surface area contributed by atoms with E-state index in [1.807, 2.05) is 0 Å². The number of hydrogen-bond acceptors (Lipinski definition) is 4. The first kappa shape index (κ1) is 14.8. The molecule has 118 valence electrons. The molecule has 0 atom stereocenters. The van der Waals surface area contributed by atoms with E-state index in [4.69, 9.17) is 0 Å². The van der Waals surface area contributed by atoms with Gasteiger partial charge >= 0.3 is 6.36 Å². The third-order valence-electron chi connectivity index (χ3n) is 2.86. The number of para-hydroxylation sites is 1. The molecule has 1 amide bonds. The van der Waals surface area contributed by atoms with Gasteiger partial charge in [-0.25, -0.2) is 4.98 Å². The molecule has 1 N–H and O–H groups in total. The molecule has 23 heavy (non-hydrogen) atoms. The molecule has 2 aromatic heterocycles. The summed E-state index contributed by atoms with van der Waals surface area (Å²) in [6, 6.07) is 6.56. The SMILES string of the molecule is O=C(Nc1ccn2ccnc2n1)c1ccccc1OC(F)(F)F. The summed E-state index contributed by atoms with van der Waals surface area (Å²) < 4.78 is 42.6. The average Bonchev–Trinajstić information content (AvgIpc) is 2.93. The van der Waals surface area contributed by atoms with Gasteiger partial charge in [0.25, 0.3) is 5.91 Å². The summed E-state index contributed by atoms with van der Waals surface area (Å²) in [6.45, 7) is 0. The molecular formula is C14H9F3N4O2. The summed E-state index contributed by atoms with van der Waals surface area (Å²) in [5.74, 6) is -0.842. The fraction of sp³-hybridized carbons (Fsp3) is 0.0714. The summed E-state index contributed by atoms with van der Waals surface area (Å²) in [5.41, 5.74) is -0.255. The first-order chi connectivity index (χ1) is 10.9. The van der Waals surface area contributed by atoms with E-state index in [9.17, 15) is 18.0 Å². The number of amides is 1. The maximum atomic E-state index is 12.4. The highest BCUT2D eigenvalue weighted by Gasteiger charge is 2.32. The van der Waals surface area contributed by atoms with Crippen molar-refractivity contribution in [3.63, 3.8) is 0 Å². The van der Waals surface area contributed by atoms with Crippen molar-refractivity contribution < 1.29 is 22.7 Å². The molecule has 0 radical (unpaired) electrons. The number of ether oxygens (including phenoxy) is 1. The minimum absolute atomic E-state index is 0.163. The molecule has 3 rings (SSSR count). The van der Waals surface area contributed by atoms with Crippen molar-refractivity contribution in [2.45, 2.75) is 6.36 Å². The normalized spacial score (nSPS) is 11.4. The maximum absolute atomic E-state index is 12.4. The van der Waals surface area contributed by atoms with Crippen LogP contribution in [0.1, 0.15) is 10.4 Å². The number of halogens is 3. The van der Waals surface area contributed by atoms with E-state index in [-0.39, 0.29) is 11.4 Å². The number of alkyl halides is 3. The van der Waals surface area contributed by atoms with Gasteiger partial charge in [-0.1, -0.05) is 12.1 Å². The van der Waals surface area contributed by atoms with Gasteiger partial charge in [-0.3, -0.25) is 9.20 Å². The first-order valence-electron chi connectivity index (χ1n) is 6.38. The molecule has 6 nitrogen and oxygen atoms in total. The lowest BCUT2D eigenvalue weighted by atomic mass is 10.2. The molecule has 0 saturated heterocycles. The van der Waals surface area contributed by atoms with E-state index in [0.717, 1.165) is 6.07 Å². The van der Waals surface area contributed by atoms with Crippen LogP contribution in [0.25, 0.3) is 5.78 Å². The Hall–Kier alpha value is -3.10. The Morgan fingerprint density at radius 3 is 2.74 bits per heavy atom. The topological polar surface area (TPSA) is 68.5 Å². The molecule has 0 bridgehead atoms. The zero-order valence-electron chi connectivity index (χ0n) is 11.4. The van der Waals surface area contributed by atoms with E-state index in [0.29, 0.717) is 5.78 Å². The molecule has 0 unspecified atom stereocenters. The van der Waals surface area contributed by atoms with Crippen LogP contribution >= 0.6 is 0 Å². The number of carbonyl (C=O) groups excluding carboxylic acids is 1. The third-order valence-corrected chi connectivity index (χ3v) is 2.86. The molecule has 0 aliphatic rings. The summed E-state index contributed by atoms with van der Waals surface area (Å²) in [5, 5.41) is 2.42. The van der Waals surface area contributed by atoms with E-state index in [1.54, 1.807) is 16.8 Å². The van der Waals surface area contributed by atoms with E-state index >= 15 is 0 Å². The van der Waals surface area contributed by atoms with Crippen molar-refractivity contribution in [2.75, 3.05) is 5.32 Å². The number of anilines is 1. The second-order valence-corrected chi connectivity index (χ2v) is 4.45. The molecule has 0 aliphatic heterocycles. The highest BCUT2D eigenvalue weighted by atomic mass is 19.4. The Balaban J connectivity index is 1.85. The minimum atomic E-state index is -4.89. The summed E-state index contributed by atoms with van der Waals surface area (Å²) in [6.07, 6.45) is -0.0761. The second kappa shape index (κ2) is 5.59. The summed E-state index contributed by atoms with van der Waals surface area (Å²) >= 11 is 0. The Kier molecular flexibility index (Phi) is 3.61. The highest BCUT2D eigenvalue weighted by molar-refractivity contribution is 6.05. The molecule has 1 aromatic carbocycles. The zero-order chi connectivity index (χ0) is 16.4. The standard InChI is InChI=1S/C14H9F3N4O2/c15-14(16,17)23-10-4-2-1-3-9(10)12(22)19-11-5-7-21-8-6-18-13(21)20-11/h1-8H,(H,18,19,20,22). The Labute approximate surface area is 127 Å². The Morgan fingerprint density at radius 1 is 1.17 bits per heavy atom. The van der Waals surface area contributed by atoms with Gasteiger partial charge in [-0.2, -0.15) is 4.98 Å². The van der Waals surface area contributed by atoms with Crippen LogP contribution in [0.15, 0.2) is 48.9 Å². The Bertz CT molecular complexity index is 860. The number of rotatable bonds is 3. The maximum Gasteiger partial charge on any atom is 0.573 e. The van der Waals surface area contributed by atoms with Gasteiger partial charge in [0.15, 0.2) is 0 Å². The predicted molar refractivity (Wildman–Crippen MR) is 74.1 cm³/mol. The molecule has 9 heteroatoms. The number of nitrogens with one attached hydrogen (secondary N) is 1. The summed E-state index contributed by atoms with van der Waals surface area (Å²) in [7, 11) is 0. The van der Waals surface area contributed by atoms with Crippen molar-refractivity contribution in [1.29, 1.82) is 0 Å². The number of carbonyl (C=O) groups is 1. The fourth-order valence-electron chi connectivity index (χ4n) is 1.93. The van der Waals surface area contributed by atoms with E-state index in [1.165, 1.54) is 30.5 Å². The van der Waals surface area contributed by atoms with Crippen molar-refractivity contribution in [2.24, 2.45) is 0 Å². The van der Waals surface area contributed by atoms with Crippen molar-refractivity contribution in [3.05, 3.63) is 54.5 Å². The number of benzene rings is 1. The van der Waals surface area contributed by atoms with Crippen LogP contribution in [0.5, 0.6) is 5.75 Å². The fourth-order valence-corrected chi connectivity index (χ4v) is 1.93. The predicted octanol–water partition coefficient (Wildman–Crippen LogP) is 2.88. The lowest BCUT2D eigenvalue weighted by molar-refractivity contribution is -0.274. The van der Waals surface area contributed by atoms with Gasteiger partial charge in [-0.15, -0.1) is 13.2 Å². The van der Waals surface area contributed by atoms with Crippen LogP contribution in [0.2, 0.25) is 0 Å². The van der Waals surface area contributed by atoms with Gasteiger partial charge in [0.05, 0.1) is 5.56 Å². The van der Waals surface area contributed by atoms with Crippen LogP contribution in [0, 0.1) is 0 Å². The van der Waals surface area contributed by atoms with E-state index in [2.05, 4.69) is 20.0 Å². The quantitative estimate of drug-likeness (QED) is 0.805. The largest absolute Gasteiger partial charge is 0.573 e. The number of aromatic nitrogens is 3. The number of hydrogen-bond donors (Lipinski definition) is 1. The monoisotopic (exact) mass is 322 g/mol. The minimum Gasteiger partial charge on any atom is -0.405 e. The van der Waals surface area contributed by atoms with Crippen molar-refractivity contribution in [3.8, 4) is 5.75 Å². The molecule has 3 aromatic rings. The number of imidazole rings is 1. The van der Waals surface area contributed by atoms with Crippen molar-refractivity contribution in [1.82, 2.24) is 14.4 Å². The van der Waals surface area contributed by atoms with Crippen LogP contribution < -0.4 is 10.1 Å². The first-order valence-corrected chi connectivity index (χ1v) is 6.38. The van der Waals surface area contributed by atoms with Gasteiger partial charge in [-0.05, 0) is 18.2 Å². The third kappa shape index (κ3) is 3.39. The molecular weight excluding hydrogens is 313 g/mol. The smallest absolute Gasteiger partial charge is 0.405 e. The molecule has 0 spiro atoms. The second-order valence-electron chi connectivity index (χ2n) is 4.45. The zero-order valence-corrected chi connectivity index (χ0v) is 11.4. The molecule has 0 saturated carbocycles.